The average Bonchev–Trinajstić information content (AvgIpc) is 2.46. The van der Waals surface area contributed by atoms with Gasteiger partial charge in [-0.15, -0.1) is 0 Å². The van der Waals surface area contributed by atoms with Gasteiger partial charge in [-0.05, 0) is 37.1 Å². The molecule has 19 heavy (non-hydrogen) atoms. The molecular weight excluding hydrogens is 234 g/mol. The van der Waals surface area contributed by atoms with Gasteiger partial charge in [-0.25, -0.2) is 0 Å². The molecule has 2 heteroatoms. The van der Waals surface area contributed by atoms with E-state index in [1.807, 2.05) is 37.4 Å². The molecule has 0 saturated carbocycles. The summed E-state index contributed by atoms with van der Waals surface area (Å²) in [6.45, 7) is 1.63. The summed E-state index contributed by atoms with van der Waals surface area (Å²) in [6, 6.07) is 9.86. The van der Waals surface area contributed by atoms with Crippen LogP contribution in [0.1, 0.15) is 18.9 Å². The molecule has 0 radical (unpaired) electrons. The van der Waals surface area contributed by atoms with Crippen LogP contribution in [0.4, 0.5) is 0 Å². The number of ketones is 1. The van der Waals surface area contributed by atoms with Gasteiger partial charge in [0.15, 0.2) is 5.78 Å². The molecule has 2 rings (SSSR count). The van der Waals surface area contributed by atoms with E-state index in [4.69, 9.17) is 0 Å². The zero-order chi connectivity index (χ0) is 13.7. The van der Waals surface area contributed by atoms with Crippen LogP contribution in [0.3, 0.4) is 0 Å². The lowest BCUT2D eigenvalue weighted by Crippen LogP contribution is -2.34. The molecule has 1 unspecified atom stereocenters. The van der Waals surface area contributed by atoms with E-state index in [0.717, 1.165) is 17.6 Å². The monoisotopic (exact) mass is 253 g/mol. The van der Waals surface area contributed by atoms with E-state index >= 15 is 0 Å². The van der Waals surface area contributed by atoms with Gasteiger partial charge in [0.25, 0.3) is 0 Å². The van der Waals surface area contributed by atoms with E-state index < -0.39 is 0 Å². The summed E-state index contributed by atoms with van der Waals surface area (Å²) in [5.41, 5.74) is 3.38. The molecule has 0 amide bonds. The van der Waals surface area contributed by atoms with Gasteiger partial charge in [0, 0.05) is 0 Å². The van der Waals surface area contributed by atoms with Crippen molar-refractivity contribution in [1.29, 1.82) is 0 Å². The number of hydrogen-bond donors (Lipinski definition) is 1. The summed E-state index contributed by atoms with van der Waals surface area (Å²) < 4.78 is 0. The number of allylic oxidation sites excluding steroid dienone is 5. The highest BCUT2D eigenvalue weighted by molar-refractivity contribution is 5.97. The molecule has 0 heterocycles. The number of carbonyl (C=O) groups excluding carboxylic acids is 1. The fourth-order valence-corrected chi connectivity index (χ4v) is 2.42. The summed E-state index contributed by atoms with van der Waals surface area (Å²) in [7, 11) is 1.83. The Labute approximate surface area is 114 Å². The third kappa shape index (κ3) is 3.09. The van der Waals surface area contributed by atoms with Crippen molar-refractivity contribution >= 4 is 11.4 Å². The fourth-order valence-electron chi connectivity index (χ4n) is 2.42. The summed E-state index contributed by atoms with van der Waals surface area (Å²) in [5.74, 6) is 0.136. The Morgan fingerprint density at radius 2 is 1.95 bits per heavy atom. The van der Waals surface area contributed by atoms with Crippen LogP contribution in [0, 0.1) is 0 Å². The first-order valence-corrected chi connectivity index (χ1v) is 6.53. The summed E-state index contributed by atoms with van der Waals surface area (Å²) in [4.78, 5) is 11.9. The minimum atomic E-state index is -0.256. The van der Waals surface area contributed by atoms with Gasteiger partial charge in [0.1, 0.15) is 0 Å². The maximum atomic E-state index is 11.9. The Morgan fingerprint density at radius 3 is 2.47 bits per heavy atom. The second-order valence-electron chi connectivity index (χ2n) is 4.63. The highest BCUT2D eigenvalue weighted by Gasteiger charge is 2.21. The lowest BCUT2D eigenvalue weighted by molar-refractivity contribution is -0.117. The normalized spacial score (nSPS) is 18.2. The van der Waals surface area contributed by atoms with Crippen molar-refractivity contribution in [3.05, 3.63) is 65.8 Å². The molecule has 1 aromatic carbocycles. The minimum Gasteiger partial charge on any atom is -0.307 e. The van der Waals surface area contributed by atoms with Crippen molar-refractivity contribution in [3.63, 3.8) is 0 Å². The Balaban J connectivity index is 2.54. The molecule has 0 aliphatic heterocycles. The van der Waals surface area contributed by atoms with Crippen LogP contribution in [0.2, 0.25) is 0 Å². The molecule has 2 nitrogen and oxygen atoms in total. The number of rotatable bonds is 4. The number of benzene rings is 1. The number of carbonyl (C=O) groups is 1. The molecule has 0 bridgehead atoms. The molecule has 98 valence electrons. The van der Waals surface area contributed by atoms with E-state index in [-0.39, 0.29) is 11.8 Å². The first kappa shape index (κ1) is 13.5. The lowest BCUT2D eigenvalue weighted by atomic mass is 9.88. The number of hydrogen-bond acceptors (Lipinski definition) is 2. The van der Waals surface area contributed by atoms with Gasteiger partial charge in [-0.2, -0.15) is 0 Å². The van der Waals surface area contributed by atoms with E-state index in [1.54, 1.807) is 6.92 Å². The molecule has 1 aromatic rings. The standard InChI is InChI=1S/C17H19NO/c1-13(19)17(18-2)16(14-9-5-3-6-10-14)15-11-7-4-8-12-15/h3-11,17-18H,12H2,1-2H3. The number of likely N-dealkylation sites (N-methyl/N-ethyl adjacent to an activating group) is 1. The van der Waals surface area contributed by atoms with Gasteiger partial charge in [0.05, 0.1) is 6.04 Å². The van der Waals surface area contributed by atoms with Crippen LogP contribution in [0.25, 0.3) is 5.57 Å². The van der Waals surface area contributed by atoms with Crippen molar-refractivity contribution in [2.75, 3.05) is 7.05 Å². The van der Waals surface area contributed by atoms with Crippen LogP contribution in [-0.4, -0.2) is 18.9 Å². The first-order valence-electron chi connectivity index (χ1n) is 6.53. The topological polar surface area (TPSA) is 29.1 Å². The summed E-state index contributed by atoms with van der Waals surface area (Å²) in [5, 5.41) is 3.13. The first-order chi connectivity index (χ1) is 9.24. The third-order valence-electron chi connectivity index (χ3n) is 3.30. The number of nitrogens with one attached hydrogen (secondary N) is 1. The molecular formula is C17H19NO. The van der Waals surface area contributed by atoms with Crippen molar-refractivity contribution < 1.29 is 4.79 Å². The van der Waals surface area contributed by atoms with Crippen LogP contribution in [0.5, 0.6) is 0 Å². The highest BCUT2D eigenvalue weighted by Crippen LogP contribution is 2.27. The van der Waals surface area contributed by atoms with E-state index in [0.29, 0.717) is 0 Å². The molecule has 1 aliphatic rings. The molecule has 1 atom stereocenters. The predicted octanol–water partition coefficient (Wildman–Crippen LogP) is 3.13. The van der Waals surface area contributed by atoms with E-state index in [9.17, 15) is 4.79 Å². The Hall–Kier alpha value is -1.93. The Bertz CT molecular complexity index is 538. The van der Waals surface area contributed by atoms with Crippen molar-refractivity contribution in [2.24, 2.45) is 0 Å². The fraction of sp³-hybridized carbons (Fsp3) is 0.235. The molecule has 0 fully saturated rings. The van der Waals surface area contributed by atoms with Crippen LogP contribution in [0.15, 0.2) is 60.2 Å². The van der Waals surface area contributed by atoms with Gasteiger partial charge in [-0.1, -0.05) is 54.6 Å². The maximum absolute atomic E-state index is 11.9. The Morgan fingerprint density at radius 1 is 1.21 bits per heavy atom. The van der Waals surface area contributed by atoms with Gasteiger partial charge < -0.3 is 5.32 Å². The van der Waals surface area contributed by atoms with Crippen LogP contribution >= 0.6 is 0 Å². The average molecular weight is 253 g/mol. The second kappa shape index (κ2) is 6.30. The van der Waals surface area contributed by atoms with Gasteiger partial charge in [-0.3, -0.25) is 4.79 Å². The summed E-state index contributed by atoms with van der Waals surface area (Å²) in [6.07, 6.45) is 9.13. The third-order valence-corrected chi connectivity index (χ3v) is 3.30. The molecule has 0 saturated heterocycles. The van der Waals surface area contributed by atoms with E-state index in [1.165, 1.54) is 5.57 Å². The quantitative estimate of drug-likeness (QED) is 0.893. The van der Waals surface area contributed by atoms with Crippen molar-refractivity contribution in [3.8, 4) is 0 Å². The maximum Gasteiger partial charge on any atom is 0.151 e. The zero-order valence-electron chi connectivity index (χ0n) is 11.4. The van der Waals surface area contributed by atoms with Gasteiger partial charge >= 0.3 is 0 Å². The van der Waals surface area contributed by atoms with Crippen LogP contribution < -0.4 is 5.32 Å². The van der Waals surface area contributed by atoms with Gasteiger partial charge in [0.2, 0.25) is 0 Å². The molecule has 1 aliphatic carbocycles. The van der Waals surface area contributed by atoms with Crippen LogP contribution in [-0.2, 0) is 4.79 Å². The second-order valence-corrected chi connectivity index (χ2v) is 4.63. The summed E-state index contributed by atoms with van der Waals surface area (Å²) >= 11 is 0. The smallest absolute Gasteiger partial charge is 0.151 e. The SMILES string of the molecule is CNC(C(C)=O)C(=C1C=CC=CC1)c1ccccc1. The van der Waals surface area contributed by atoms with E-state index in [2.05, 4.69) is 29.6 Å². The Kier molecular flexibility index (Phi) is 4.48. The molecule has 0 spiro atoms. The number of Topliss-reactive ketones (excluding diaryl/α,β-unsaturated/α-hetero) is 1. The zero-order valence-corrected chi connectivity index (χ0v) is 11.4. The largest absolute Gasteiger partial charge is 0.307 e. The highest BCUT2D eigenvalue weighted by atomic mass is 16.1. The van der Waals surface area contributed by atoms with Crippen molar-refractivity contribution in [1.82, 2.24) is 5.32 Å². The minimum absolute atomic E-state index is 0.136. The lowest BCUT2D eigenvalue weighted by Gasteiger charge is -2.21. The molecule has 1 N–H and O–H groups in total. The predicted molar refractivity (Wildman–Crippen MR) is 79.8 cm³/mol. The van der Waals surface area contributed by atoms with Crippen molar-refractivity contribution in [2.45, 2.75) is 19.4 Å². The molecule has 0 aromatic heterocycles.